The molecule has 0 aromatic heterocycles. The maximum atomic E-state index is 12.4. The van der Waals surface area contributed by atoms with Gasteiger partial charge in [0.25, 0.3) is 0 Å². The summed E-state index contributed by atoms with van der Waals surface area (Å²) in [5, 5.41) is 33.3. The van der Waals surface area contributed by atoms with Crippen molar-refractivity contribution >= 4 is 5.91 Å². The van der Waals surface area contributed by atoms with Crippen molar-refractivity contribution in [1.29, 1.82) is 0 Å². The number of carbonyl (C=O) groups excluding carboxylic acids is 1. The molecule has 0 aromatic carbocycles. The zero-order valence-electron chi connectivity index (χ0n) is 31.2. The predicted octanol–water partition coefficient (Wildman–Crippen LogP) is 11.5. The van der Waals surface area contributed by atoms with Gasteiger partial charge in [-0.15, -0.1) is 0 Å². The minimum atomic E-state index is -1.13. The van der Waals surface area contributed by atoms with E-state index in [1.54, 1.807) is 0 Å². The van der Waals surface area contributed by atoms with Gasteiger partial charge < -0.3 is 20.6 Å². The molecule has 5 nitrogen and oxygen atoms in total. The molecule has 0 saturated heterocycles. The van der Waals surface area contributed by atoms with Crippen LogP contribution in [0.2, 0.25) is 0 Å². The molecule has 5 heteroatoms. The molecule has 0 aliphatic rings. The Morgan fingerprint density at radius 2 is 0.739 bits per heavy atom. The number of aliphatic hydroxyl groups is 3. The number of unbranched alkanes of at least 4 members (excludes halogenated alkanes) is 30. The van der Waals surface area contributed by atoms with Gasteiger partial charge in [-0.2, -0.15) is 0 Å². The zero-order chi connectivity index (χ0) is 33.8. The Morgan fingerprint density at radius 1 is 0.457 bits per heavy atom. The SMILES string of the molecule is CCCCCCCCCCCCCCCCCCCCCCCCCC(=O)NC(CO)C(O)C(O)CCCCCCCCCCC. The van der Waals surface area contributed by atoms with E-state index in [2.05, 4.69) is 19.2 Å². The quantitative estimate of drug-likeness (QED) is 0.0499. The van der Waals surface area contributed by atoms with E-state index in [9.17, 15) is 20.1 Å². The third-order valence-electron chi connectivity index (χ3n) is 9.96. The Morgan fingerprint density at radius 3 is 1.04 bits per heavy atom. The van der Waals surface area contributed by atoms with Crippen LogP contribution in [0, 0.1) is 0 Å². The average molecular weight is 654 g/mol. The molecule has 4 N–H and O–H groups in total. The lowest BCUT2D eigenvalue weighted by molar-refractivity contribution is -0.124. The molecule has 0 fully saturated rings. The number of hydrogen-bond donors (Lipinski definition) is 4. The molecule has 0 rings (SSSR count). The first-order valence-electron chi connectivity index (χ1n) is 20.8. The normalized spacial score (nSPS) is 13.6. The van der Waals surface area contributed by atoms with Crippen molar-refractivity contribution in [1.82, 2.24) is 5.32 Å². The fourth-order valence-corrected chi connectivity index (χ4v) is 6.69. The van der Waals surface area contributed by atoms with E-state index in [0.717, 1.165) is 38.5 Å². The third kappa shape index (κ3) is 31.9. The topological polar surface area (TPSA) is 89.8 Å². The van der Waals surface area contributed by atoms with Crippen molar-refractivity contribution in [2.45, 2.75) is 250 Å². The molecular weight excluding hydrogens is 570 g/mol. The van der Waals surface area contributed by atoms with Crippen LogP contribution in [-0.2, 0) is 4.79 Å². The summed E-state index contributed by atoms with van der Waals surface area (Å²) in [7, 11) is 0. The van der Waals surface area contributed by atoms with Gasteiger partial charge in [-0.05, 0) is 12.8 Å². The van der Waals surface area contributed by atoms with Crippen molar-refractivity contribution in [3.63, 3.8) is 0 Å². The highest BCUT2D eigenvalue weighted by molar-refractivity contribution is 5.76. The minimum absolute atomic E-state index is 0.142. The van der Waals surface area contributed by atoms with Crippen LogP contribution in [0.4, 0.5) is 0 Å². The molecule has 276 valence electrons. The number of amides is 1. The molecule has 0 bridgehead atoms. The van der Waals surface area contributed by atoms with Gasteiger partial charge in [0.2, 0.25) is 5.91 Å². The molecule has 0 aromatic rings. The van der Waals surface area contributed by atoms with E-state index >= 15 is 0 Å². The van der Waals surface area contributed by atoms with Crippen LogP contribution in [0.5, 0.6) is 0 Å². The van der Waals surface area contributed by atoms with Crippen LogP contribution in [0.1, 0.15) is 232 Å². The van der Waals surface area contributed by atoms with Crippen molar-refractivity contribution in [3.8, 4) is 0 Å². The molecule has 3 unspecified atom stereocenters. The summed E-state index contributed by atoms with van der Waals surface area (Å²) >= 11 is 0. The predicted molar refractivity (Wildman–Crippen MR) is 199 cm³/mol. The van der Waals surface area contributed by atoms with Crippen molar-refractivity contribution < 1.29 is 20.1 Å². The monoisotopic (exact) mass is 654 g/mol. The average Bonchev–Trinajstić information content (AvgIpc) is 3.06. The van der Waals surface area contributed by atoms with E-state index in [1.807, 2.05) is 0 Å². The second kappa shape index (κ2) is 37.2. The first kappa shape index (κ1) is 45.3. The van der Waals surface area contributed by atoms with Crippen LogP contribution in [0.15, 0.2) is 0 Å². The maximum Gasteiger partial charge on any atom is 0.220 e. The van der Waals surface area contributed by atoms with Crippen LogP contribution >= 0.6 is 0 Å². The largest absolute Gasteiger partial charge is 0.394 e. The van der Waals surface area contributed by atoms with Gasteiger partial charge in [0.1, 0.15) is 6.10 Å². The fraction of sp³-hybridized carbons (Fsp3) is 0.976. The molecule has 1 amide bonds. The van der Waals surface area contributed by atoms with Gasteiger partial charge in [0, 0.05) is 6.42 Å². The van der Waals surface area contributed by atoms with Crippen LogP contribution < -0.4 is 5.32 Å². The summed E-state index contributed by atoms with van der Waals surface area (Å²) in [5.74, 6) is -0.142. The summed E-state index contributed by atoms with van der Waals surface area (Å²) in [5.41, 5.74) is 0. The Kier molecular flexibility index (Phi) is 36.6. The van der Waals surface area contributed by atoms with Crippen molar-refractivity contribution in [2.75, 3.05) is 6.61 Å². The Bertz CT molecular complexity index is 601. The summed E-state index contributed by atoms with van der Waals surface area (Å²) in [6, 6.07) is -0.800. The summed E-state index contributed by atoms with van der Waals surface area (Å²) in [4.78, 5) is 12.4. The highest BCUT2D eigenvalue weighted by atomic mass is 16.3. The first-order chi connectivity index (χ1) is 22.6. The van der Waals surface area contributed by atoms with Gasteiger partial charge in [-0.3, -0.25) is 4.79 Å². The third-order valence-corrected chi connectivity index (χ3v) is 9.96. The van der Waals surface area contributed by atoms with E-state index in [0.29, 0.717) is 12.8 Å². The Balaban J connectivity index is 3.51. The minimum Gasteiger partial charge on any atom is -0.394 e. The number of rotatable bonds is 38. The van der Waals surface area contributed by atoms with Gasteiger partial charge in [-0.1, -0.05) is 213 Å². The maximum absolute atomic E-state index is 12.4. The lowest BCUT2D eigenvalue weighted by atomic mass is 9.99. The Hall–Kier alpha value is -0.650. The van der Waals surface area contributed by atoms with Gasteiger partial charge in [0.15, 0.2) is 0 Å². The highest BCUT2D eigenvalue weighted by Crippen LogP contribution is 2.17. The zero-order valence-corrected chi connectivity index (χ0v) is 31.2. The molecule has 0 spiro atoms. The number of carbonyl (C=O) groups is 1. The van der Waals surface area contributed by atoms with E-state index in [-0.39, 0.29) is 12.5 Å². The fourth-order valence-electron chi connectivity index (χ4n) is 6.69. The summed E-state index contributed by atoms with van der Waals surface area (Å²) < 4.78 is 0. The molecule has 0 saturated carbocycles. The lowest BCUT2D eigenvalue weighted by Crippen LogP contribution is -2.50. The first-order valence-corrected chi connectivity index (χ1v) is 20.8. The molecule has 0 heterocycles. The lowest BCUT2D eigenvalue weighted by Gasteiger charge is -2.26. The molecule has 0 aliphatic heterocycles. The Labute approximate surface area is 287 Å². The number of nitrogens with one attached hydrogen (secondary N) is 1. The van der Waals surface area contributed by atoms with Gasteiger partial charge >= 0.3 is 0 Å². The molecule has 0 aliphatic carbocycles. The van der Waals surface area contributed by atoms with Gasteiger partial charge in [-0.25, -0.2) is 0 Å². The van der Waals surface area contributed by atoms with E-state index in [4.69, 9.17) is 0 Å². The molecule has 3 atom stereocenters. The molecule has 46 heavy (non-hydrogen) atoms. The molecule has 0 radical (unpaired) electrons. The van der Waals surface area contributed by atoms with Gasteiger partial charge in [0.05, 0.1) is 18.8 Å². The van der Waals surface area contributed by atoms with Crippen molar-refractivity contribution in [3.05, 3.63) is 0 Å². The van der Waals surface area contributed by atoms with Crippen LogP contribution in [-0.4, -0.2) is 46.1 Å². The van der Waals surface area contributed by atoms with Crippen LogP contribution in [0.25, 0.3) is 0 Å². The second-order valence-electron chi connectivity index (χ2n) is 14.6. The summed E-state index contributed by atoms with van der Waals surface area (Å²) in [6.07, 6.45) is 40.8. The van der Waals surface area contributed by atoms with Crippen LogP contribution in [0.3, 0.4) is 0 Å². The number of hydrogen-bond acceptors (Lipinski definition) is 4. The standard InChI is InChI=1S/C41H83NO4/c1-3-5-7-9-11-13-14-15-16-17-18-19-20-21-22-23-24-25-26-28-30-32-34-36-40(45)42-38(37-43)41(46)39(44)35-33-31-29-27-12-10-8-6-4-2/h38-39,41,43-44,46H,3-37H2,1-2H3,(H,42,45). The second-order valence-corrected chi connectivity index (χ2v) is 14.6. The summed E-state index contributed by atoms with van der Waals surface area (Å²) in [6.45, 7) is 4.16. The van der Waals surface area contributed by atoms with E-state index < -0.39 is 18.2 Å². The van der Waals surface area contributed by atoms with Crippen molar-refractivity contribution in [2.24, 2.45) is 0 Å². The number of aliphatic hydroxyl groups excluding tert-OH is 3. The molecular formula is C41H83NO4. The highest BCUT2D eigenvalue weighted by Gasteiger charge is 2.26. The smallest absolute Gasteiger partial charge is 0.220 e. The van der Waals surface area contributed by atoms with E-state index in [1.165, 1.54) is 167 Å².